The molecule has 1 aliphatic rings. The number of thiophene rings is 1. The van der Waals surface area contributed by atoms with E-state index in [-0.39, 0.29) is 10.1 Å². The molecule has 26 heavy (non-hydrogen) atoms. The molecule has 1 saturated heterocycles. The fraction of sp³-hybridized carbons (Fsp3) is 0.250. The normalized spacial score (nSPS) is 18.4. The Morgan fingerprint density at radius 2 is 2.15 bits per heavy atom. The second-order valence-corrected chi connectivity index (χ2v) is 10.8. The van der Waals surface area contributed by atoms with Gasteiger partial charge in [-0.05, 0) is 52.4 Å². The van der Waals surface area contributed by atoms with Gasteiger partial charge in [0.2, 0.25) is 5.91 Å². The first kappa shape index (κ1) is 18.1. The van der Waals surface area contributed by atoms with Crippen LogP contribution in [-0.4, -0.2) is 36.2 Å². The molecule has 3 aromatic rings. The smallest absolute Gasteiger partial charge is 0.253 e. The number of hydrogen-bond donors (Lipinski definition) is 1. The average Bonchev–Trinajstić information content (AvgIpc) is 3.35. The summed E-state index contributed by atoms with van der Waals surface area (Å²) in [6.07, 6.45) is 1.17. The van der Waals surface area contributed by atoms with Gasteiger partial charge in [0, 0.05) is 11.0 Å². The minimum absolute atomic E-state index is 0.265. The minimum Gasteiger partial charge on any atom is -0.301 e. The van der Waals surface area contributed by atoms with Gasteiger partial charge in [0.05, 0.1) is 10.2 Å². The van der Waals surface area contributed by atoms with Crippen molar-refractivity contribution in [2.45, 2.75) is 23.1 Å². The number of anilines is 1. The van der Waals surface area contributed by atoms with Crippen LogP contribution >= 0.6 is 38.6 Å². The highest BCUT2D eigenvalue weighted by Crippen LogP contribution is 2.32. The second kappa shape index (κ2) is 7.01. The summed E-state index contributed by atoms with van der Waals surface area (Å²) in [6.45, 7) is 0.351. The lowest BCUT2D eigenvalue weighted by molar-refractivity contribution is -0.119. The molecule has 0 unspecified atom stereocenters. The number of sulfonamides is 1. The monoisotopic (exact) mass is 471 g/mol. The number of aromatic nitrogens is 1. The molecule has 0 spiro atoms. The van der Waals surface area contributed by atoms with E-state index in [9.17, 15) is 13.2 Å². The Labute approximate surface area is 167 Å². The van der Waals surface area contributed by atoms with Crippen molar-refractivity contribution >= 4 is 69.9 Å². The van der Waals surface area contributed by atoms with Crippen LogP contribution in [0.2, 0.25) is 0 Å². The lowest BCUT2D eigenvalue weighted by atomic mass is 10.2. The summed E-state index contributed by atoms with van der Waals surface area (Å²) in [7, 11) is -3.65. The number of carbonyl (C=O) groups is 1. The quantitative estimate of drug-likeness (QED) is 0.625. The lowest BCUT2D eigenvalue weighted by Crippen LogP contribution is -2.42. The number of rotatable bonds is 4. The molecule has 3 heterocycles. The van der Waals surface area contributed by atoms with Crippen molar-refractivity contribution in [3.05, 3.63) is 40.2 Å². The van der Waals surface area contributed by atoms with Gasteiger partial charge in [0.1, 0.15) is 10.3 Å². The molecule has 1 aromatic carbocycles. The zero-order valence-corrected chi connectivity index (χ0v) is 17.4. The number of hydrogen-bond acceptors (Lipinski definition) is 6. The van der Waals surface area contributed by atoms with Crippen molar-refractivity contribution < 1.29 is 13.2 Å². The molecule has 0 aliphatic carbocycles. The van der Waals surface area contributed by atoms with Crippen LogP contribution in [0.4, 0.5) is 5.13 Å². The van der Waals surface area contributed by atoms with Crippen LogP contribution < -0.4 is 5.32 Å². The van der Waals surface area contributed by atoms with E-state index in [1.165, 1.54) is 15.6 Å². The highest BCUT2D eigenvalue weighted by atomic mass is 79.9. The Kier molecular flexibility index (Phi) is 4.86. The molecule has 0 saturated carbocycles. The third kappa shape index (κ3) is 3.20. The van der Waals surface area contributed by atoms with Crippen molar-refractivity contribution in [3.63, 3.8) is 0 Å². The van der Waals surface area contributed by atoms with Gasteiger partial charge < -0.3 is 5.32 Å². The predicted molar refractivity (Wildman–Crippen MR) is 107 cm³/mol. The maximum Gasteiger partial charge on any atom is 0.253 e. The van der Waals surface area contributed by atoms with E-state index in [2.05, 4.69) is 26.2 Å². The van der Waals surface area contributed by atoms with E-state index >= 15 is 0 Å². The Morgan fingerprint density at radius 3 is 2.88 bits per heavy atom. The SMILES string of the molecule is O=C(Nc1nc2c(Br)cccc2s1)[C@H]1CCCN1S(=O)(=O)c1cccs1. The molecule has 4 rings (SSSR count). The van der Waals surface area contributed by atoms with Crippen molar-refractivity contribution in [2.24, 2.45) is 0 Å². The van der Waals surface area contributed by atoms with Crippen LogP contribution in [0.5, 0.6) is 0 Å². The van der Waals surface area contributed by atoms with E-state index in [1.807, 2.05) is 18.2 Å². The van der Waals surface area contributed by atoms with Crippen molar-refractivity contribution in [1.29, 1.82) is 0 Å². The summed E-state index contributed by atoms with van der Waals surface area (Å²) >= 11 is 5.97. The minimum atomic E-state index is -3.65. The van der Waals surface area contributed by atoms with Crippen LogP contribution in [-0.2, 0) is 14.8 Å². The maximum absolute atomic E-state index is 12.8. The summed E-state index contributed by atoms with van der Waals surface area (Å²) in [5.41, 5.74) is 0.780. The molecule has 0 bridgehead atoms. The van der Waals surface area contributed by atoms with Gasteiger partial charge in [-0.3, -0.25) is 4.79 Å². The lowest BCUT2D eigenvalue weighted by Gasteiger charge is -2.22. The van der Waals surface area contributed by atoms with E-state index in [0.29, 0.717) is 24.5 Å². The fourth-order valence-electron chi connectivity index (χ4n) is 2.97. The Morgan fingerprint density at radius 1 is 1.31 bits per heavy atom. The van der Waals surface area contributed by atoms with Gasteiger partial charge >= 0.3 is 0 Å². The zero-order chi connectivity index (χ0) is 18.3. The van der Waals surface area contributed by atoms with Crippen LogP contribution in [0.1, 0.15) is 12.8 Å². The number of fused-ring (bicyclic) bond motifs is 1. The standard InChI is InChI=1S/C16H14BrN3O3S3/c17-10-4-1-6-12-14(10)18-16(25-12)19-15(21)11-5-2-8-20(11)26(22,23)13-7-3-9-24-13/h1,3-4,6-7,9,11H,2,5,8H2,(H,18,19,21)/t11-/m1/s1. The summed E-state index contributed by atoms with van der Waals surface area (Å²) in [6, 6.07) is 8.27. The molecule has 1 N–H and O–H groups in total. The van der Waals surface area contributed by atoms with Gasteiger partial charge in [0.15, 0.2) is 5.13 Å². The molecule has 10 heteroatoms. The number of amides is 1. The number of nitrogens with zero attached hydrogens (tertiary/aromatic N) is 2. The summed E-state index contributed by atoms with van der Waals surface area (Å²) in [5.74, 6) is -0.335. The van der Waals surface area contributed by atoms with Crippen molar-refractivity contribution in [2.75, 3.05) is 11.9 Å². The number of thiazole rings is 1. The first-order valence-electron chi connectivity index (χ1n) is 7.88. The van der Waals surface area contributed by atoms with Crippen molar-refractivity contribution in [1.82, 2.24) is 9.29 Å². The molecule has 1 amide bonds. The number of para-hydroxylation sites is 1. The van der Waals surface area contributed by atoms with Gasteiger partial charge in [0.25, 0.3) is 10.0 Å². The number of carbonyl (C=O) groups excluding carboxylic acids is 1. The molecule has 136 valence electrons. The molecular formula is C16H14BrN3O3S3. The predicted octanol–water partition coefficient (Wildman–Crippen LogP) is 3.91. The third-order valence-electron chi connectivity index (χ3n) is 4.16. The van der Waals surface area contributed by atoms with Crippen LogP contribution in [0, 0.1) is 0 Å². The van der Waals surface area contributed by atoms with E-state index in [4.69, 9.17) is 0 Å². The topological polar surface area (TPSA) is 79.4 Å². The van der Waals surface area contributed by atoms with E-state index in [0.717, 1.165) is 26.0 Å². The molecule has 1 aliphatic heterocycles. The van der Waals surface area contributed by atoms with Gasteiger partial charge in [-0.25, -0.2) is 13.4 Å². The van der Waals surface area contributed by atoms with Gasteiger partial charge in [-0.15, -0.1) is 11.3 Å². The third-order valence-corrected chi connectivity index (χ3v) is 9.02. The summed E-state index contributed by atoms with van der Waals surface area (Å²) in [5, 5.41) is 4.98. The molecule has 1 atom stereocenters. The first-order valence-corrected chi connectivity index (χ1v) is 11.8. The zero-order valence-electron chi connectivity index (χ0n) is 13.4. The second-order valence-electron chi connectivity index (χ2n) is 5.80. The van der Waals surface area contributed by atoms with Crippen LogP contribution in [0.25, 0.3) is 10.2 Å². The largest absolute Gasteiger partial charge is 0.301 e. The van der Waals surface area contributed by atoms with E-state index < -0.39 is 16.1 Å². The Bertz CT molecular complexity index is 1060. The van der Waals surface area contributed by atoms with Crippen LogP contribution in [0.3, 0.4) is 0 Å². The first-order chi connectivity index (χ1) is 12.5. The maximum atomic E-state index is 12.8. The number of halogens is 1. The van der Waals surface area contributed by atoms with Crippen molar-refractivity contribution in [3.8, 4) is 0 Å². The summed E-state index contributed by atoms with van der Waals surface area (Å²) < 4.78 is 28.9. The Hall–Kier alpha value is -1.33. The molecule has 0 radical (unpaired) electrons. The molecule has 1 fully saturated rings. The van der Waals surface area contributed by atoms with Gasteiger partial charge in [-0.2, -0.15) is 4.31 Å². The molecular weight excluding hydrogens is 458 g/mol. The number of nitrogens with one attached hydrogen (secondary N) is 1. The van der Waals surface area contributed by atoms with E-state index in [1.54, 1.807) is 17.5 Å². The Balaban J connectivity index is 1.58. The summed E-state index contributed by atoms with van der Waals surface area (Å²) in [4.78, 5) is 17.2. The average molecular weight is 472 g/mol. The number of benzene rings is 1. The fourth-order valence-corrected chi connectivity index (χ4v) is 7.23. The molecule has 6 nitrogen and oxygen atoms in total. The van der Waals surface area contributed by atoms with Crippen LogP contribution in [0.15, 0.2) is 44.4 Å². The van der Waals surface area contributed by atoms with Gasteiger partial charge in [-0.1, -0.05) is 23.5 Å². The highest BCUT2D eigenvalue weighted by molar-refractivity contribution is 9.10. The highest BCUT2D eigenvalue weighted by Gasteiger charge is 2.40. The molecule has 2 aromatic heterocycles.